The third-order valence-corrected chi connectivity index (χ3v) is 4.39. The van der Waals surface area contributed by atoms with E-state index in [1.54, 1.807) is 36.4 Å². The number of nitrogens with zero attached hydrogens (tertiary/aromatic N) is 1. The molecule has 130 valence electrons. The quantitative estimate of drug-likeness (QED) is 0.724. The average molecular weight is 341 g/mol. The van der Waals surface area contributed by atoms with Crippen molar-refractivity contribution in [2.75, 3.05) is 4.90 Å². The van der Waals surface area contributed by atoms with Gasteiger partial charge in [0.05, 0.1) is 5.70 Å². The van der Waals surface area contributed by atoms with Gasteiger partial charge in [-0.15, -0.1) is 0 Å². The highest BCUT2D eigenvalue weighted by Gasteiger charge is 2.48. The summed E-state index contributed by atoms with van der Waals surface area (Å²) in [6.45, 7) is 8.18. The van der Waals surface area contributed by atoms with Crippen molar-refractivity contribution in [1.82, 2.24) is 0 Å². The molecule has 1 amide bonds. The molecule has 0 spiro atoms. The number of aryl methyl sites for hydroxylation is 1. The van der Waals surface area contributed by atoms with Crippen molar-refractivity contribution in [1.29, 1.82) is 0 Å². The van der Waals surface area contributed by atoms with Crippen LogP contribution in [0.3, 0.4) is 0 Å². The first-order chi connectivity index (χ1) is 11.6. The van der Waals surface area contributed by atoms with E-state index < -0.39 is 11.8 Å². The predicted octanol–water partition coefficient (Wildman–Crippen LogP) is 5.32. The second-order valence-electron chi connectivity index (χ2n) is 7.46. The Morgan fingerprint density at radius 3 is 2.00 bits per heavy atom. The fraction of sp³-hybridized carbons (Fsp3) is 0.286. The Labute approximate surface area is 146 Å². The number of benzene rings is 2. The molecule has 0 bridgehead atoms. The Bertz CT molecular complexity index is 828. The largest absolute Gasteiger partial charge is 0.346 e. The van der Waals surface area contributed by atoms with E-state index in [2.05, 4.69) is 20.8 Å². The topological polar surface area (TPSA) is 20.3 Å². The summed E-state index contributed by atoms with van der Waals surface area (Å²) >= 11 is 0. The maximum Gasteiger partial charge on any atom is 0.346 e. The zero-order chi connectivity index (χ0) is 18.4. The summed E-state index contributed by atoms with van der Waals surface area (Å²) in [5, 5.41) is 0. The summed E-state index contributed by atoms with van der Waals surface area (Å²) < 4.78 is 28.2. The van der Waals surface area contributed by atoms with Crippen LogP contribution < -0.4 is 4.90 Å². The lowest BCUT2D eigenvalue weighted by molar-refractivity contribution is -0.134. The summed E-state index contributed by atoms with van der Waals surface area (Å²) in [5.74, 6) is -4.71. The molecule has 0 fully saturated rings. The number of alkyl halides is 2. The van der Waals surface area contributed by atoms with E-state index in [4.69, 9.17) is 0 Å². The van der Waals surface area contributed by atoms with Crippen LogP contribution in [-0.2, 0) is 10.2 Å². The van der Waals surface area contributed by atoms with Gasteiger partial charge in [-0.2, -0.15) is 8.78 Å². The van der Waals surface area contributed by atoms with Gasteiger partial charge in [-0.3, -0.25) is 9.69 Å². The zero-order valence-corrected chi connectivity index (χ0v) is 14.8. The van der Waals surface area contributed by atoms with Gasteiger partial charge in [0.2, 0.25) is 0 Å². The number of hydrogen-bond donors (Lipinski definition) is 0. The van der Waals surface area contributed by atoms with Crippen LogP contribution in [0.2, 0.25) is 0 Å². The Morgan fingerprint density at radius 2 is 1.48 bits per heavy atom. The molecular formula is C21H21F2NO. The van der Waals surface area contributed by atoms with Gasteiger partial charge < -0.3 is 0 Å². The Morgan fingerprint density at radius 1 is 0.920 bits per heavy atom. The van der Waals surface area contributed by atoms with Crippen LogP contribution in [0.1, 0.15) is 37.5 Å². The van der Waals surface area contributed by atoms with Gasteiger partial charge in [0.25, 0.3) is 0 Å². The fourth-order valence-electron chi connectivity index (χ4n) is 2.86. The monoisotopic (exact) mass is 341 g/mol. The number of rotatable bonds is 2. The zero-order valence-electron chi connectivity index (χ0n) is 14.8. The Balaban J connectivity index is 2.05. The molecule has 3 rings (SSSR count). The number of halogens is 2. The van der Waals surface area contributed by atoms with E-state index in [-0.39, 0.29) is 11.1 Å². The van der Waals surface area contributed by atoms with Crippen LogP contribution in [0.15, 0.2) is 54.6 Å². The van der Waals surface area contributed by atoms with Crippen molar-refractivity contribution < 1.29 is 13.6 Å². The molecule has 4 heteroatoms. The standard InChI is InChI=1S/C21H21F2NO/c1-14-5-11-17(12-6-14)24-18(13-21(22,23)19(24)25)15-7-9-16(10-8-15)20(2,3)4/h5-13H,1-4H3. The van der Waals surface area contributed by atoms with Crippen molar-refractivity contribution in [3.8, 4) is 0 Å². The molecular weight excluding hydrogens is 320 g/mol. The predicted molar refractivity (Wildman–Crippen MR) is 96.7 cm³/mol. The first kappa shape index (κ1) is 17.3. The molecule has 1 aliphatic rings. The molecule has 2 nitrogen and oxygen atoms in total. The molecule has 0 N–H and O–H groups in total. The third-order valence-electron chi connectivity index (χ3n) is 4.39. The van der Waals surface area contributed by atoms with Crippen LogP contribution in [0.25, 0.3) is 5.70 Å². The molecule has 0 aliphatic carbocycles. The van der Waals surface area contributed by atoms with E-state index in [1.165, 1.54) is 0 Å². The van der Waals surface area contributed by atoms with E-state index >= 15 is 0 Å². The van der Waals surface area contributed by atoms with Gasteiger partial charge in [-0.1, -0.05) is 62.7 Å². The lowest BCUT2D eigenvalue weighted by Gasteiger charge is -2.23. The summed E-state index contributed by atoms with van der Waals surface area (Å²) in [4.78, 5) is 13.3. The SMILES string of the molecule is Cc1ccc(N2C(=O)C(F)(F)C=C2c2ccc(C(C)(C)C)cc2)cc1. The molecule has 0 saturated carbocycles. The number of hydrogen-bond acceptors (Lipinski definition) is 1. The number of amides is 1. The van der Waals surface area contributed by atoms with Gasteiger partial charge in [-0.25, -0.2) is 0 Å². The van der Waals surface area contributed by atoms with Gasteiger partial charge in [0, 0.05) is 11.8 Å². The molecule has 0 unspecified atom stereocenters. The van der Waals surface area contributed by atoms with Crippen molar-refractivity contribution >= 4 is 17.3 Å². The third kappa shape index (κ3) is 3.21. The van der Waals surface area contributed by atoms with E-state index in [0.29, 0.717) is 11.3 Å². The number of carbonyl (C=O) groups is 1. The van der Waals surface area contributed by atoms with Crippen LogP contribution in [0.4, 0.5) is 14.5 Å². The minimum Gasteiger partial charge on any atom is -0.275 e. The van der Waals surface area contributed by atoms with Crippen molar-refractivity contribution in [3.05, 3.63) is 71.3 Å². The average Bonchev–Trinajstić information content (AvgIpc) is 2.78. The Hall–Kier alpha value is -2.49. The number of anilines is 1. The van der Waals surface area contributed by atoms with Gasteiger partial charge >= 0.3 is 11.8 Å². The molecule has 0 radical (unpaired) electrons. The molecule has 0 aromatic heterocycles. The summed E-state index contributed by atoms with van der Waals surface area (Å²) in [6.07, 6.45) is 0.751. The normalized spacial score (nSPS) is 17.0. The van der Waals surface area contributed by atoms with E-state index in [9.17, 15) is 13.6 Å². The van der Waals surface area contributed by atoms with E-state index in [1.807, 2.05) is 19.1 Å². The molecule has 0 atom stereocenters. The highest BCUT2D eigenvalue weighted by molar-refractivity contribution is 6.15. The molecule has 25 heavy (non-hydrogen) atoms. The van der Waals surface area contributed by atoms with Gasteiger partial charge in [-0.05, 0) is 35.6 Å². The summed E-state index contributed by atoms with van der Waals surface area (Å²) in [5.41, 5.74) is 3.34. The highest BCUT2D eigenvalue weighted by atomic mass is 19.3. The molecule has 1 heterocycles. The lowest BCUT2D eigenvalue weighted by atomic mass is 9.86. The molecule has 1 aliphatic heterocycles. The van der Waals surface area contributed by atoms with Crippen LogP contribution in [0.5, 0.6) is 0 Å². The van der Waals surface area contributed by atoms with Crippen molar-refractivity contribution in [3.63, 3.8) is 0 Å². The van der Waals surface area contributed by atoms with Crippen LogP contribution in [0, 0.1) is 6.92 Å². The number of carbonyl (C=O) groups excluding carboxylic acids is 1. The van der Waals surface area contributed by atoms with Crippen molar-refractivity contribution in [2.45, 2.75) is 39.0 Å². The van der Waals surface area contributed by atoms with Crippen molar-refractivity contribution in [2.24, 2.45) is 0 Å². The minimum atomic E-state index is -3.50. The maximum absolute atomic E-state index is 14.1. The van der Waals surface area contributed by atoms with Crippen LogP contribution >= 0.6 is 0 Å². The fourth-order valence-corrected chi connectivity index (χ4v) is 2.86. The van der Waals surface area contributed by atoms with Gasteiger partial charge in [0.1, 0.15) is 0 Å². The second-order valence-corrected chi connectivity index (χ2v) is 7.46. The maximum atomic E-state index is 14.1. The molecule has 0 saturated heterocycles. The lowest BCUT2D eigenvalue weighted by Crippen LogP contribution is -2.34. The molecule has 2 aromatic rings. The van der Waals surface area contributed by atoms with Crippen LogP contribution in [-0.4, -0.2) is 11.8 Å². The molecule has 2 aromatic carbocycles. The van der Waals surface area contributed by atoms with E-state index in [0.717, 1.165) is 22.1 Å². The first-order valence-electron chi connectivity index (χ1n) is 8.22. The Kier molecular flexibility index (Phi) is 4.02. The smallest absolute Gasteiger partial charge is 0.275 e. The second kappa shape index (κ2) is 5.80. The van der Waals surface area contributed by atoms with Gasteiger partial charge in [0.15, 0.2) is 0 Å². The first-order valence-corrected chi connectivity index (χ1v) is 8.22. The summed E-state index contributed by atoms with van der Waals surface area (Å²) in [6, 6.07) is 14.4. The summed E-state index contributed by atoms with van der Waals surface area (Å²) in [7, 11) is 0. The minimum absolute atomic E-state index is 0.0288. The highest BCUT2D eigenvalue weighted by Crippen LogP contribution is 2.39.